The molecule has 0 aliphatic carbocycles. The zero-order chi connectivity index (χ0) is 18.2. The summed E-state index contributed by atoms with van der Waals surface area (Å²) in [5, 5.41) is 12.1. The van der Waals surface area contributed by atoms with Crippen molar-refractivity contribution in [3.05, 3.63) is 40.8 Å². The van der Waals surface area contributed by atoms with Crippen LogP contribution in [0.2, 0.25) is 0 Å². The summed E-state index contributed by atoms with van der Waals surface area (Å²) in [6.07, 6.45) is 0.241. The van der Waals surface area contributed by atoms with Crippen LogP contribution in [0, 0.1) is 0 Å². The Labute approximate surface area is 161 Å². The molecule has 0 saturated heterocycles. The fourth-order valence-corrected chi connectivity index (χ4v) is 3.89. The third-order valence-electron chi connectivity index (χ3n) is 2.43. The Hall–Kier alpha value is -1.19. The number of rotatable bonds is 5. The molecule has 1 unspecified atom stereocenters. The first-order valence-electron chi connectivity index (χ1n) is 6.34. The maximum Gasteiger partial charge on any atom is 0.227 e. The molecular weight excluding hydrogens is 458 g/mol. The predicted molar refractivity (Wildman–Crippen MR) is 96.7 cm³/mol. The van der Waals surface area contributed by atoms with E-state index in [2.05, 4.69) is 14.2 Å². The van der Waals surface area contributed by atoms with Crippen LogP contribution in [0.3, 0.4) is 0 Å². The first-order valence-corrected chi connectivity index (χ1v) is 11.0. The largest absolute Gasteiger partial charge is 0.281 e. The van der Waals surface area contributed by atoms with Crippen LogP contribution in [0.1, 0.15) is 12.6 Å². The van der Waals surface area contributed by atoms with E-state index < -0.39 is 14.2 Å². The number of nitrogens with zero attached hydrogens (tertiary/aromatic N) is 1. The molecule has 0 spiro atoms. The molecule has 0 fully saturated rings. The van der Waals surface area contributed by atoms with Gasteiger partial charge in [0.15, 0.2) is 0 Å². The zero-order valence-corrected chi connectivity index (χ0v) is 17.1. The number of carbonyl (C=O) groups is 2. The van der Waals surface area contributed by atoms with Crippen LogP contribution < -0.4 is 9.67 Å². The minimum atomic E-state index is -4.92. The number of carbonyl (C=O) groups excluding carboxylic acids is 2. The van der Waals surface area contributed by atoms with Crippen LogP contribution >= 0.6 is 35.3 Å². The predicted octanol–water partition coefficient (Wildman–Crippen LogP) is 1.58. The Kier molecular flexibility index (Phi) is 10.9. The SMILES string of the molecule is CC(=O)Nc1ccccc1[As](=O)(O)OO.Cl.O=C(Cl)Cc1cscn1. The summed E-state index contributed by atoms with van der Waals surface area (Å²) in [4.78, 5) is 24.9. The molecule has 2 aromatic rings. The van der Waals surface area contributed by atoms with Gasteiger partial charge in [-0.2, -0.15) is 0 Å². The van der Waals surface area contributed by atoms with Crippen LogP contribution in [0.25, 0.3) is 0 Å². The van der Waals surface area contributed by atoms with Crippen LogP contribution in [0.5, 0.6) is 0 Å². The maximum atomic E-state index is 11.4. The fourth-order valence-electron chi connectivity index (χ4n) is 1.53. The van der Waals surface area contributed by atoms with Crippen molar-refractivity contribution in [3.8, 4) is 0 Å². The van der Waals surface area contributed by atoms with E-state index in [0.717, 1.165) is 5.69 Å². The van der Waals surface area contributed by atoms with Gasteiger partial charge in [-0.3, -0.25) is 4.79 Å². The Morgan fingerprint density at radius 1 is 1.40 bits per heavy atom. The van der Waals surface area contributed by atoms with E-state index in [0.29, 0.717) is 0 Å². The van der Waals surface area contributed by atoms with Gasteiger partial charge in [-0.15, -0.1) is 23.7 Å². The van der Waals surface area contributed by atoms with Gasteiger partial charge >= 0.3 is 88.4 Å². The third kappa shape index (κ3) is 8.64. The molecule has 8 nitrogen and oxygen atoms in total. The summed E-state index contributed by atoms with van der Waals surface area (Å²) >= 11 is 1.63. The smallest absolute Gasteiger partial charge is 0.227 e. The van der Waals surface area contributed by atoms with Crippen molar-refractivity contribution >= 4 is 70.7 Å². The van der Waals surface area contributed by atoms with E-state index in [4.69, 9.17) is 16.9 Å². The van der Waals surface area contributed by atoms with Crippen molar-refractivity contribution in [2.24, 2.45) is 0 Å². The average Bonchev–Trinajstić information content (AvgIpc) is 3.00. The minimum Gasteiger partial charge on any atom is -0.281 e. The Bertz CT molecular complexity index is 744. The standard InChI is InChI=1S/C8H10AsNO5.C5H4ClNOS.ClH/c1-6(11)10-8-5-3-2-4-7(8)9(12,13)15-14;6-5(8)1-4-2-9-3-7-4;/h2-5,14H,1H3,(H,10,11)(H,12,13);2-3H,1H2;1H. The van der Waals surface area contributed by atoms with Crippen molar-refractivity contribution in [2.75, 3.05) is 5.32 Å². The molecule has 1 atom stereocenters. The number of hydrogen-bond donors (Lipinski definition) is 3. The van der Waals surface area contributed by atoms with Crippen LogP contribution in [-0.2, 0) is 23.6 Å². The van der Waals surface area contributed by atoms with E-state index in [-0.39, 0.29) is 40.0 Å². The van der Waals surface area contributed by atoms with Crippen LogP contribution in [0.15, 0.2) is 35.2 Å². The summed E-state index contributed by atoms with van der Waals surface area (Å²) in [5.74, 6) is -0.379. The molecule has 0 aliphatic rings. The quantitative estimate of drug-likeness (QED) is 0.261. The molecule has 0 aliphatic heterocycles. The summed E-state index contributed by atoms with van der Waals surface area (Å²) < 4.78 is 24.1. The number of nitrogens with one attached hydrogen (secondary N) is 1. The second-order valence-corrected chi connectivity index (χ2v) is 8.99. The van der Waals surface area contributed by atoms with E-state index in [1.807, 2.05) is 0 Å². The number of anilines is 1. The topological polar surface area (TPSA) is 126 Å². The van der Waals surface area contributed by atoms with Gasteiger partial charge in [0.05, 0.1) is 17.6 Å². The van der Waals surface area contributed by atoms with Gasteiger partial charge in [0.25, 0.3) is 0 Å². The van der Waals surface area contributed by atoms with Gasteiger partial charge in [-0.25, -0.2) is 4.98 Å². The first-order chi connectivity index (χ1) is 11.3. The summed E-state index contributed by atoms with van der Waals surface area (Å²) in [7, 11) is 0. The van der Waals surface area contributed by atoms with Crippen molar-refractivity contribution in [1.29, 1.82) is 0 Å². The summed E-state index contributed by atoms with van der Waals surface area (Å²) in [5.41, 5.74) is 2.58. The van der Waals surface area contributed by atoms with Gasteiger partial charge in [0, 0.05) is 5.38 Å². The van der Waals surface area contributed by atoms with Gasteiger partial charge in [-0.1, -0.05) is 0 Å². The average molecular weight is 473 g/mol. The van der Waals surface area contributed by atoms with Gasteiger partial charge in [0.1, 0.15) is 0 Å². The number of thiazole rings is 1. The molecule has 1 amide bonds. The third-order valence-corrected chi connectivity index (χ3v) is 5.76. The van der Waals surface area contributed by atoms with Crippen LogP contribution in [0.4, 0.5) is 5.69 Å². The summed E-state index contributed by atoms with van der Waals surface area (Å²) in [6, 6.07) is 5.84. The molecule has 25 heavy (non-hydrogen) atoms. The minimum absolute atomic E-state index is 0. The molecule has 2 rings (SSSR count). The molecule has 1 aromatic carbocycles. The normalized spacial score (nSPS) is 12.0. The van der Waals surface area contributed by atoms with Crippen molar-refractivity contribution in [2.45, 2.75) is 13.3 Å². The molecule has 0 radical (unpaired) electrons. The molecular formula is C13H15AsCl2N2O6S. The van der Waals surface area contributed by atoms with E-state index in [1.54, 1.807) is 17.0 Å². The van der Waals surface area contributed by atoms with Gasteiger partial charge in [-0.05, 0) is 11.6 Å². The van der Waals surface area contributed by atoms with Crippen molar-refractivity contribution in [1.82, 2.24) is 4.98 Å². The number of halogens is 2. The maximum absolute atomic E-state index is 11.4. The number of aromatic nitrogens is 1. The molecule has 1 heterocycles. The first kappa shape index (κ1) is 23.8. The Balaban J connectivity index is 0.000000495. The van der Waals surface area contributed by atoms with Crippen LogP contribution in [-0.4, -0.2) is 39.7 Å². The molecule has 1 aromatic heterocycles. The Morgan fingerprint density at radius 2 is 2.04 bits per heavy atom. The Morgan fingerprint density at radius 3 is 2.52 bits per heavy atom. The molecule has 0 saturated carbocycles. The molecule has 12 heteroatoms. The molecule has 0 bridgehead atoms. The number of amides is 1. The number of para-hydroxylation sites is 1. The van der Waals surface area contributed by atoms with Crippen molar-refractivity contribution in [3.63, 3.8) is 0 Å². The van der Waals surface area contributed by atoms with E-state index in [1.165, 1.54) is 36.5 Å². The monoisotopic (exact) mass is 472 g/mol. The second-order valence-electron chi connectivity index (χ2n) is 4.31. The van der Waals surface area contributed by atoms with E-state index in [9.17, 15) is 17.4 Å². The number of benzene rings is 1. The van der Waals surface area contributed by atoms with Gasteiger partial charge < -0.3 is 0 Å². The zero-order valence-electron chi connectivity index (χ0n) is 12.8. The van der Waals surface area contributed by atoms with E-state index >= 15 is 0 Å². The molecule has 3 N–H and O–H groups in total. The molecule has 138 valence electrons. The second kappa shape index (κ2) is 11.4. The fraction of sp³-hybridized carbons (Fsp3) is 0.154. The van der Waals surface area contributed by atoms with Crippen molar-refractivity contribution < 1.29 is 26.6 Å². The number of hydrogen-bond acceptors (Lipinski definition) is 7. The summed E-state index contributed by atoms with van der Waals surface area (Å²) in [6.45, 7) is 1.27. The van der Waals surface area contributed by atoms with Gasteiger partial charge in [0.2, 0.25) is 5.24 Å².